The van der Waals surface area contributed by atoms with E-state index in [0.717, 1.165) is 43.5 Å². The first kappa shape index (κ1) is 24.3. The molecule has 2 aromatic carbocycles. The third-order valence-electron chi connectivity index (χ3n) is 5.50. The lowest BCUT2D eigenvalue weighted by Crippen LogP contribution is -2.36. The fraction of sp³-hybridized carbons (Fsp3) is 0.364. The summed E-state index contributed by atoms with van der Waals surface area (Å²) in [5.74, 6) is -5.55. The number of rotatable bonds is 6. The van der Waals surface area contributed by atoms with E-state index in [1.807, 2.05) is 0 Å². The molecule has 0 aliphatic heterocycles. The maximum absolute atomic E-state index is 13.4. The molecule has 0 saturated heterocycles. The number of carbonyl (C=O) groups is 2. The summed E-state index contributed by atoms with van der Waals surface area (Å²) in [7, 11) is 0. The van der Waals surface area contributed by atoms with Crippen LogP contribution in [0.25, 0.3) is 0 Å². The maximum Gasteiger partial charge on any atom is 0.252 e. The van der Waals surface area contributed by atoms with E-state index in [1.165, 1.54) is 0 Å². The van der Waals surface area contributed by atoms with Crippen LogP contribution in [0, 0.1) is 35.1 Å². The van der Waals surface area contributed by atoms with Gasteiger partial charge in [-0.1, -0.05) is 29.6 Å². The second-order valence-corrected chi connectivity index (χ2v) is 8.63. The summed E-state index contributed by atoms with van der Waals surface area (Å²) in [6.45, 7) is 0.626. The van der Waals surface area contributed by atoms with E-state index in [0.29, 0.717) is 19.5 Å². The highest BCUT2D eigenvalue weighted by Gasteiger charge is 2.24. The molecule has 1 fully saturated rings. The zero-order chi connectivity index (χ0) is 23.4. The summed E-state index contributed by atoms with van der Waals surface area (Å²) in [6.07, 6.45) is 3.28. The topological polar surface area (TPSA) is 58.2 Å². The van der Waals surface area contributed by atoms with Gasteiger partial charge < -0.3 is 10.6 Å². The molecule has 0 aromatic heterocycles. The molecule has 2 aromatic rings. The predicted octanol–water partition coefficient (Wildman–Crippen LogP) is 5.52. The normalized spacial score (nSPS) is 18.3. The Labute approximate surface area is 192 Å². The molecule has 2 atom stereocenters. The zero-order valence-corrected chi connectivity index (χ0v) is 18.3. The number of carbonyl (C=O) groups excluding carboxylic acids is 2. The lowest BCUT2D eigenvalue weighted by Gasteiger charge is -2.29. The molecular weight excluding hydrogens is 471 g/mol. The molecule has 0 heterocycles. The van der Waals surface area contributed by atoms with Crippen molar-refractivity contribution in [1.82, 2.24) is 10.6 Å². The van der Waals surface area contributed by atoms with Crippen LogP contribution in [0.3, 0.4) is 0 Å². The van der Waals surface area contributed by atoms with Crippen molar-refractivity contribution >= 4 is 35.0 Å². The Morgan fingerprint density at radius 2 is 1.12 bits per heavy atom. The minimum atomic E-state index is -1.16. The zero-order valence-electron chi connectivity index (χ0n) is 16.8. The number of nitrogens with one attached hydrogen (secondary N) is 2. The number of hydrogen-bond acceptors (Lipinski definition) is 2. The van der Waals surface area contributed by atoms with Gasteiger partial charge in [0, 0.05) is 13.1 Å². The van der Waals surface area contributed by atoms with Gasteiger partial charge in [-0.05, 0) is 55.4 Å². The first-order chi connectivity index (χ1) is 15.2. The highest BCUT2D eigenvalue weighted by Crippen LogP contribution is 2.29. The summed E-state index contributed by atoms with van der Waals surface area (Å²) < 4.78 is 53.2. The highest BCUT2D eigenvalue weighted by atomic mass is 35.5. The van der Waals surface area contributed by atoms with Crippen LogP contribution >= 0.6 is 23.2 Å². The molecule has 0 spiro atoms. The van der Waals surface area contributed by atoms with E-state index < -0.39 is 35.1 Å². The van der Waals surface area contributed by atoms with Crippen LogP contribution in [0.5, 0.6) is 0 Å². The number of hydrogen-bond donors (Lipinski definition) is 2. The molecule has 3 rings (SSSR count). The van der Waals surface area contributed by atoms with Crippen LogP contribution in [0.1, 0.15) is 46.4 Å². The molecule has 32 heavy (non-hydrogen) atoms. The van der Waals surface area contributed by atoms with Crippen molar-refractivity contribution in [3.8, 4) is 0 Å². The van der Waals surface area contributed by atoms with E-state index in [4.69, 9.17) is 23.2 Å². The van der Waals surface area contributed by atoms with Crippen LogP contribution in [0.4, 0.5) is 17.6 Å². The van der Waals surface area contributed by atoms with Crippen molar-refractivity contribution < 1.29 is 27.2 Å². The highest BCUT2D eigenvalue weighted by molar-refractivity contribution is 6.34. The molecule has 2 amide bonds. The molecule has 2 N–H and O–H groups in total. The fourth-order valence-corrected chi connectivity index (χ4v) is 4.30. The van der Waals surface area contributed by atoms with Crippen molar-refractivity contribution in [1.29, 1.82) is 0 Å². The van der Waals surface area contributed by atoms with Gasteiger partial charge in [-0.2, -0.15) is 0 Å². The van der Waals surface area contributed by atoms with E-state index in [2.05, 4.69) is 10.6 Å². The monoisotopic (exact) mass is 490 g/mol. The van der Waals surface area contributed by atoms with E-state index in [-0.39, 0.29) is 33.0 Å². The van der Waals surface area contributed by atoms with Crippen molar-refractivity contribution in [3.05, 3.63) is 68.7 Å². The molecule has 1 saturated carbocycles. The number of benzene rings is 2. The Bertz CT molecular complexity index is 956. The standard InChI is InChI=1S/C22H20Cl2F4N2O2/c23-15-7-19(27)17(25)5-13(15)21(31)29-9-11-2-1-3-12(4-11)10-30-22(32)14-6-18(26)20(28)8-16(14)24/h5-8,11-12H,1-4,9-10H2,(H,29,31)(H,30,32). The maximum atomic E-state index is 13.4. The first-order valence-electron chi connectivity index (χ1n) is 10.0. The van der Waals surface area contributed by atoms with Crippen molar-refractivity contribution in [2.24, 2.45) is 11.8 Å². The molecule has 4 nitrogen and oxygen atoms in total. The Morgan fingerprint density at radius 1 is 0.750 bits per heavy atom. The Morgan fingerprint density at radius 3 is 1.53 bits per heavy atom. The SMILES string of the molecule is O=C(NCC1CCCC(CNC(=O)c2cc(F)c(F)cc2Cl)C1)c1cc(F)c(F)cc1Cl. The predicted molar refractivity (Wildman–Crippen MR) is 113 cm³/mol. The number of halogens is 6. The molecule has 0 radical (unpaired) electrons. The molecule has 2 unspecified atom stereocenters. The van der Waals surface area contributed by atoms with Crippen molar-refractivity contribution in [2.45, 2.75) is 25.7 Å². The Balaban J connectivity index is 1.51. The summed E-state index contributed by atoms with van der Waals surface area (Å²) in [6, 6.07) is 3.03. The van der Waals surface area contributed by atoms with Gasteiger partial charge in [-0.25, -0.2) is 17.6 Å². The number of amides is 2. The largest absolute Gasteiger partial charge is 0.352 e. The minimum absolute atomic E-state index is 0.116. The smallest absolute Gasteiger partial charge is 0.252 e. The van der Waals surface area contributed by atoms with Gasteiger partial charge in [0.2, 0.25) is 0 Å². The molecular formula is C22H20Cl2F4N2O2. The van der Waals surface area contributed by atoms with Crippen molar-refractivity contribution in [2.75, 3.05) is 13.1 Å². The van der Waals surface area contributed by atoms with E-state index in [1.54, 1.807) is 0 Å². The van der Waals surface area contributed by atoms with Crippen LogP contribution in [0.15, 0.2) is 24.3 Å². The van der Waals surface area contributed by atoms with Gasteiger partial charge in [0.1, 0.15) is 0 Å². The van der Waals surface area contributed by atoms with Gasteiger partial charge in [0.05, 0.1) is 21.2 Å². The van der Waals surface area contributed by atoms with Crippen molar-refractivity contribution in [3.63, 3.8) is 0 Å². The fourth-order valence-electron chi connectivity index (χ4n) is 3.83. The quantitative estimate of drug-likeness (QED) is 0.413. The summed E-state index contributed by atoms with van der Waals surface area (Å²) in [4.78, 5) is 24.6. The van der Waals surface area contributed by atoms with E-state index in [9.17, 15) is 27.2 Å². The molecule has 10 heteroatoms. The molecule has 172 valence electrons. The average Bonchev–Trinajstić information content (AvgIpc) is 2.75. The van der Waals surface area contributed by atoms with Gasteiger partial charge in [-0.3, -0.25) is 9.59 Å². The van der Waals surface area contributed by atoms with Gasteiger partial charge in [0.15, 0.2) is 23.3 Å². The van der Waals surface area contributed by atoms with Gasteiger partial charge in [0.25, 0.3) is 11.8 Å². The lowest BCUT2D eigenvalue weighted by atomic mass is 9.81. The third kappa shape index (κ3) is 5.92. The Hall–Kier alpha value is -2.32. The third-order valence-corrected chi connectivity index (χ3v) is 6.13. The van der Waals surface area contributed by atoms with Gasteiger partial charge >= 0.3 is 0 Å². The minimum Gasteiger partial charge on any atom is -0.352 e. The molecule has 1 aliphatic carbocycles. The van der Waals surface area contributed by atoms with Gasteiger partial charge in [-0.15, -0.1) is 0 Å². The van der Waals surface area contributed by atoms with E-state index >= 15 is 0 Å². The van der Waals surface area contributed by atoms with Crippen LogP contribution in [-0.4, -0.2) is 24.9 Å². The molecule has 1 aliphatic rings. The first-order valence-corrected chi connectivity index (χ1v) is 10.8. The summed E-state index contributed by atoms with van der Waals surface area (Å²) in [5.41, 5.74) is -0.290. The molecule has 0 bridgehead atoms. The lowest BCUT2D eigenvalue weighted by molar-refractivity contribution is 0.0935. The Kier molecular flexibility index (Phi) is 8.00. The van der Waals surface area contributed by atoms with Crippen LogP contribution < -0.4 is 10.6 Å². The summed E-state index contributed by atoms with van der Waals surface area (Å²) in [5, 5.41) is 5.03. The van der Waals surface area contributed by atoms with Crippen LogP contribution in [-0.2, 0) is 0 Å². The second-order valence-electron chi connectivity index (χ2n) is 7.81. The average molecular weight is 491 g/mol. The van der Waals surface area contributed by atoms with Crippen LogP contribution in [0.2, 0.25) is 10.0 Å². The summed E-state index contributed by atoms with van der Waals surface area (Å²) >= 11 is 11.7. The second kappa shape index (κ2) is 10.5.